The van der Waals surface area contributed by atoms with E-state index in [1.807, 2.05) is 12.2 Å². The monoisotopic (exact) mass is 191 g/mol. The van der Waals surface area contributed by atoms with Crippen LogP contribution in [0.5, 0.6) is 0 Å². The summed E-state index contributed by atoms with van der Waals surface area (Å²) in [4.78, 5) is 24.4. The zero-order chi connectivity index (χ0) is 10.1. The van der Waals surface area contributed by atoms with Gasteiger partial charge < -0.3 is 0 Å². The molecule has 0 aromatic carbocycles. The van der Waals surface area contributed by atoms with Crippen LogP contribution in [0.15, 0.2) is 23.3 Å². The molecule has 2 rings (SSSR count). The summed E-state index contributed by atoms with van der Waals surface area (Å²) in [5, 5.41) is 0. The summed E-state index contributed by atoms with van der Waals surface area (Å²) in [5.74, 6) is -0.300. The molecule has 0 radical (unpaired) electrons. The first-order chi connectivity index (χ1) is 6.72. The Kier molecular flexibility index (Phi) is 2.23. The second kappa shape index (κ2) is 3.40. The van der Waals surface area contributed by atoms with Crippen LogP contribution in [0.4, 0.5) is 0 Å². The molecule has 0 unspecified atom stereocenters. The van der Waals surface area contributed by atoms with Crippen molar-refractivity contribution in [2.45, 2.75) is 25.7 Å². The predicted octanol–water partition coefficient (Wildman–Crippen LogP) is 1.41. The van der Waals surface area contributed by atoms with Gasteiger partial charge in [0, 0.05) is 18.2 Å². The van der Waals surface area contributed by atoms with E-state index in [0.717, 1.165) is 25.7 Å². The number of rotatable bonds is 0. The van der Waals surface area contributed by atoms with Crippen LogP contribution >= 0.6 is 0 Å². The normalized spacial score (nSPS) is 29.9. The zero-order valence-corrected chi connectivity index (χ0v) is 8.25. The average Bonchev–Trinajstić information content (AvgIpc) is 2.31. The van der Waals surface area contributed by atoms with Gasteiger partial charge in [0.15, 0.2) is 0 Å². The third-order valence-corrected chi connectivity index (χ3v) is 2.72. The Bertz CT molecular complexity index is 318. The molecule has 2 amide bonds. The van der Waals surface area contributed by atoms with Gasteiger partial charge in [0.25, 0.3) is 11.8 Å². The molecule has 1 fully saturated rings. The number of fused-ring (bicyclic) bond motifs is 1. The third-order valence-electron chi connectivity index (χ3n) is 2.72. The molecule has 14 heavy (non-hydrogen) atoms. The maximum Gasteiger partial charge on any atom is 0.260 e. The smallest absolute Gasteiger partial charge is 0.260 e. The summed E-state index contributed by atoms with van der Waals surface area (Å²) in [5.41, 5.74) is 1.22. The Labute approximate surface area is 83.1 Å². The fourth-order valence-corrected chi connectivity index (χ4v) is 1.86. The molecule has 74 valence electrons. The molecule has 2 aliphatic rings. The maximum absolute atomic E-state index is 11.6. The SMILES string of the molecule is CN1C(=O)C2=C/CCCC/C=C\2C1=O. The van der Waals surface area contributed by atoms with Crippen molar-refractivity contribution in [2.24, 2.45) is 0 Å². The van der Waals surface area contributed by atoms with Crippen LogP contribution in [0.2, 0.25) is 0 Å². The maximum atomic E-state index is 11.6. The van der Waals surface area contributed by atoms with Crippen LogP contribution in [0.25, 0.3) is 0 Å². The first kappa shape index (κ1) is 9.19. The summed E-state index contributed by atoms with van der Waals surface area (Å²) in [6.07, 6.45) is 7.79. The highest BCUT2D eigenvalue weighted by atomic mass is 16.2. The summed E-state index contributed by atoms with van der Waals surface area (Å²) < 4.78 is 0. The fraction of sp³-hybridized carbons (Fsp3) is 0.455. The summed E-state index contributed by atoms with van der Waals surface area (Å²) in [7, 11) is 1.54. The molecule has 0 spiro atoms. The van der Waals surface area contributed by atoms with E-state index in [4.69, 9.17) is 0 Å². The second-order valence-electron chi connectivity index (χ2n) is 3.69. The number of carbonyl (C=O) groups is 2. The van der Waals surface area contributed by atoms with Crippen LogP contribution < -0.4 is 0 Å². The van der Waals surface area contributed by atoms with Crippen molar-refractivity contribution in [3.63, 3.8) is 0 Å². The van der Waals surface area contributed by atoms with Gasteiger partial charge in [-0.25, -0.2) is 0 Å². The minimum atomic E-state index is -0.150. The van der Waals surface area contributed by atoms with Crippen molar-refractivity contribution < 1.29 is 9.59 Å². The lowest BCUT2D eigenvalue weighted by atomic mass is 10.0. The van der Waals surface area contributed by atoms with Crippen LogP contribution in [0.3, 0.4) is 0 Å². The number of imide groups is 1. The van der Waals surface area contributed by atoms with Gasteiger partial charge in [0.2, 0.25) is 0 Å². The fourth-order valence-electron chi connectivity index (χ4n) is 1.86. The third kappa shape index (κ3) is 1.29. The molecule has 0 bridgehead atoms. The Morgan fingerprint density at radius 1 is 1.00 bits per heavy atom. The van der Waals surface area contributed by atoms with Crippen LogP contribution in [0.1, 0.15) is 25.7 Å². The first-order valence-electron chi connectivity index (χ1n) is 4.95. The van der Waals surface area contributed by atoms with Gasteiger partial charge in [0.1, 0.15) is 0 Å². The molecule has 0 saturated carbocycles. The van der Waals surface area contributed by atoms with E-state index < -0.39 is 0 Å². The number of likely N-dealkylation sites (tertiary alicyclic amines) is 1. The highest BCUT2D eigenvalue weighted by Gasteiger charge is 2.35. The van der Waals surface area contributed by atoms with Gasteiger partial charge in [-0.05, 0) is 25.7 Å². The Hall–Kier alpha value is -1.38. The lowest BCUT2D eigenvalue weighted by Gasteiger charge is -2.01. The molecule has 1 aliphatic carbocycles. The van der Waals surface area contributed by atoms with Crippen molar-refractivity contribution in [1.82, 2.24) is 4.90 Å². The zero-order valence-electron chi connectivity index (χ0n) is 8.25. The lowest BCUT2D eigenvalue weighted by Crippen LogP contribution is -2.24. The highest BCUT2D eigenvalue weighted by Crippen LogP contribution is 2.27. The van der Waals surface area contributed by atoms with E-state index >= 15 is 0 Å². The van der Waals surface area contributed by atoms with E-state index in [1.54, 1.807) is 0 Å². The van der Waals surface area contributed by atoms with Crippen molar-refractivity contribution in [1.29, 1.82) is 0 Å². The quantitative estimate of drug-likeness (QED) is 0.543. The molecule has 0 N–H and O–H groups in total. The average molecular weight is 191 g/mol. The number of hydrogen-bond donors (Lipinski definition) is 0. The predicted molar refractivity (Wildman–Crippen MR) is 52.4 cm³/mol. The molecule has 0 atom stereocenters. The van der Waals surface area contributed by atoms with E-state index in [-0.39, 0.29) is 11.8 Å². The summed E-state index contributed by atoms with van der Waals surface area (Å²) >= 11 is 0. The molecule has 0 aromatic rings. The molecule has 3 heteroatoms. The standard InChI is InChI=1S/C11H13NO2/c1-12-10(13)8-6-4-2-3-5-7-9(8)11(12)14/h6-7H,2-5H2,1H3/b8-6+,9-7+. The summed E-state index contributed by atoms with van der Waals surface area (Å²) in [6.45, 7) is 0. The Morgan fingerprint density at radius 2 is 1.43 bits per heavy atom. The van der Waals surface area contributed by atoms with Crippen molar-refractivity contribution in [3.05, 3.63) is 23.3 Å². The molecule has 1 heterocycles. The number of likely N-dealkylation sites (N-methyl/N-ethyl adjacent to an activating group) is 1. The minimum absolute atomic E-state index is 0.150. The topological polar surface area (TPSA) is 37.4 Å². The lowest BCUT2D eigenvalue weighted by molar-refractivity contribution is -0.134. The van der Waals surface area contributed by atoms with Crippen molar-refractivity contribution in [3.8, 4) is 0 Å². The number of carbonyl (C=O) groups excluding carboxylic acids is 2. The molecule has 1 aliphatic heterocycles. The van der Waals surface area contributed by atoms with Gasteiger partial charge in [0.05, 0.1) is 0 Å². The summed E-state index contributed by atoms with van der Waals surface area (Å²) in [6, 6.07) is 0. The second-order valence-corrected chi connectivity index (χ2v) is 3.69. The van der Waals surface area contributed by atoms with Crippen LogP contribution in [-0.4, -0.2) is 23.8 Å². The molecule has 0 aromatic heterocycles. The number of hydrogen-bond acceptors (Lipinski definition) is 2. The number of amides is 2. The van der Waals surface area contributed by atoms with Crippen molar-refractivity contribution >= 4 is 11.8 Å². The largest absolute Gasteiger partial charge is 0.277 e. The first-order valence-corrected chi connectivity index (χ1v) is 4.95. The van der Waals surface area contributed by atoms with Gasteiger partial charge in [-0.3, -0.25) is 14.5 Å². The van der Waals surface area contributed by atoms with E-state index in [1.165, 1.54) is 11.9 Å². The number of allylic oxidation sites excluding steroid dienone is 2. The van der Waals surface area contributed by atoms with E-state index in [0.29, 0.717) is 11.1 Å². The molecule has 1 saturated heterocycles. The molecular formula is C11H13NO2. The highest BCUT2D eigenvalue weighted by molar-refractivity contribution is 6.24. The molecule has 3 nitrogen and oxygen atoms in total. The van der Waals surface area contributed by atoms with Crippen LogP contribution in [0, 0.1) is 0 Å². The number of nitrogens with zero attached hydrogens (tertiary/aromatic N) is 1. The van der Waals surface area contributed by atoms with Crippen LogP contribution in [-0.2, 0) is 9.59 Å². The van der Waals surface area contributed by atoms with E-state index in [9.17, 15) is 9.59 Å². The minimum Gasteiger partial charge on any atom is -0.277 e. The van der Waals surface area contributed by atoms with Gasteiger partial charge in [-0.15, -0.1) is 0 Å². The van der Waals surface area contributed by atoms with Gasteiger partial charge in [-0.1, -0.05) is 12.2 Å². The van der Waals surface area contributed by atoms with E-state index in [2.05, 4.69) is 0 Å². The Balaban J connectivity index is 2.43. The Morgan fingerprint density at radius 3 is 1.86 bits per heavy atom. The van der Waals surface area contributed by atoms with Gasteiger partial charge in [-0.2, -0.15) is 0 Å². The van der Waals surface area contributed by atoms with Crippen molar-refractivity contribution in [2.75, 3.05) is 7.05 Å². The van der Waals surface area contributed by atoms with Gasteiger partial charge >= 0.3 is 0 Å². The molecular weight excluding hydrogens is 178 g/mol.